The van der Waals surface area contributed by atoms with Gasteiger partial charge in [-0.15, -0.1) is 0 Å². The molecule has 3 nitrogen and oxygen atoms in total. The molecule has 0 N–H and O–H groups in total. The lowest BCUT2D eigenvalue weighted by atomic mass is 10.1. The molecule has 1 amide bonds. The summed E-state index contributed by atoms with van der Waals surface area (Å²) in [5.41, 5.74) is 0. The van der Waals surface area contributed by atoms with Gasteiger partial charge in [0, 0.05) is 6.54 Å². The minimum atomic E-state index is 0.172. The van der Waals surface area contributed by atoms with Gasteiger partial charge in [0.1, 0.15) is 6.61 Å². The second-order valence-electron chi connectivity index (χ2n) is 3.31. The van der Waals surface area contributed by atoms with E-state index in [2.05, 4.69) is 6.92 Å². The molecule has 2 aliphatic rings. The first kappa shape index (κ1) is 7.10. The summed E-state index contributed by atoms with van der Waals surface area (Å²) in [4.78, 5) is 13.2. The molecule has 0 aromatic heterocycles. The highest BCUT2D eigenvalue weighted by atomic mass is 16.5. The largest absolute Gasteiger partial charge is 0.367 e. The molecule has 0 aromatic rings. The van der Waals surface area contributed by atoms with Crippen molar-refractivity contribution >= 4 is 5.91 Å². The Labute approximate surface area is 66.3 Å². The van der Waals surface area contributed by atoms with Gasteiger partial charge in [-0.3, -0.25) is 4.79 Å². The molecule has 11 heavy (non-hydrogen) atoms. The van der Waals surface area contributed by atoms with E-state index in [-0.39, 0.29) is 18.6 Å². The van der Waals surface area contributed by atoms with Crippen LogP contribution in [0, 0.1) is 0 Å². The first-order valence-corrected chi connectivity index (χ1v) is 4.20. The van der Waals surface area contributed by atoms with Gasteiger partial charge in [0.05, 0.1) is 12.1 Å². The number of amides is 1. The molecule has 0 aromatic carbocycles. The van der Waals surface area contributed by atoms with E-state index in [0.29, 0.717) is 6.04 Å². The first-order valence-electron chi connectivity index (χ1n) is 4.20. The molecule has 2 heterocycles. The highest BCUT2D eigenvalue weighted by molar-refractivity contribution is 5.78. The Bertz CT molecular complexity index is 181. The molecule has 2 unspecified atom stereocenters. The highest BCUT2D eigenvalue weighted by Gasteiger charge is 2.36. The Hall–Kier alpha value is -0.570. The maximum atomic E-state index is 11.2. The summed E-state index contributed by atoms with van der Waals surface area (Å²) in [7, 11) is 0. The normalized spacial score (nSPS) is 37.5. The van der Waals surface area contributed by atoms with E-state index in [4.69, 9.17) is 4.74 Å². The van der Waals surface area contributed by atoms with Crippen molar-refractivity contribution in [3.8, 4) is 0 Å². The number of ether oxygens (including phenoxy) is 1. The number of hydrogen-bond acceptors (Lipinski definition) is 2. The molecule has 2 aliphatic heterocycles. The SMILES string of the molecule is CC1OCC(=O)N2CCCC12. The van der Waals surface area contributed by atoms with Crippen molar-refractivity contribution < 1.29 is 9.53 Å². The van der Waals surface area contributed by atoms with Crippen molar-refractivity contribution in [2.75, 3.05) is 13.2 Å². The fraction of sp³-hybridized carbons (Fsp3) is 0.875. The summed E-state index contributed by atoms with van der Waals surface area (Å²) in [6.07, 6.45) is 2.51. The topological polar surface area (TPSA) is 29.5 Å². The number of hydrogen-bond donors (Lipinski definition) is 0. The Morgan fingerprint density at radius 1 is 1.64 bits per heavy atom. The zero-order chi connectivity index (χ0) is 7.84. The van der Waals surface area contributed by atoms with Crippen LogP contribution >= 0.6 is 0 Å². The molecule has 2 saturated heterocycles. The first-order chi connectivity index (χ1) is 5.29. The molecule has 3 heteroatoms. The Kier molecular flexibility index (Phi) is 1.60. The molecule has 0 aliphatic carbocycles. The molecule has 2 atom stereocenters. The van der Waals surface area contributed by atoms with E-state index < -0.39 is 0 Å². The van der Waals surface area contributed by atoms with Crippen molar-refractivity contribution in [2.45, 2.75) is 31.9 Å². The zero-order valence-electron chi connectivity index (χ0n) is 6.75. The van der Waals surface area contributed by atoms with Crippen molar-refractivity contribution in [1.29, 1.82) is 0 Å². The number of fused-ring (bicyclic) bond motifs is 1. The van der Waals surface area contributed by atoms with Crippen LogP contribution < -0.4 is 0 Å². The van der Waals surface area contributed by atoms with E-state index in [0.717, 1.165) is 19.4 Å². The molecule has 2 fully saturated rings. The summed E-state index contributed by atoms with van der Waals surface area (Å²) in [5, 5.41) is 0. The van der Waals surface area contributed by atoms with E-state index in [9.17, 15) is 4.79 Å². The van der Waals surface area contributed by atoms with Crippen molar-refractivity contribution in [3.05, 3.63) is 0 Å². The van der Waals surface area contributed by atoms with Crippen molar-refractivity contribution in [2.24, 2.45) is 0 Å². The van der Waals surface area contributed by atoms with Gasteiger partial charge >= 0.3 is 0 Å². The number of carbonyl (C=O) groups is 1. The van der Waals surface area contributed by atoms with Crippen molar-refractivity contribution in [1.82, 2.24) is 4.90 Å². The van der Waals surface area contributed by atoms with Crippen LogP contribution in [0.3, 0.4) is 0 Å². The molecule has 2 rings (SSSR count). The maximum Gasteiger partial charge on any atom is 0.248 e. The van der Waals surface area contributed by atoms with Crippen LogP contribution in [0.25, 0.3) is 0 Å². The summed E-state index contributed by atoms with van der Waals surface area (Å²) < 4.78 is 5.31. The molecule has 0 saturated carbocycles. The lowest BCUT2D eigenvalue weighted by Gasteiger charge is -2.34. The molecule has 62 valence electrons. The van der Waals surface area contributed by atoms with Crippen molar-refractivity contribution in [3.63, 3.8) is 0 Å². The van der Waals surface area contributed by atoms with Crippen LogP contribution in [0.1, 0.15) is 19.8 Å². The zero-order valence-corrected chi connectivity index (χ0v) is 6.75. The molecular weight excluding hydrogens is 142 g/mol. The number of nitrogens with zero attached hydrogens (tertiary/aromatic N) is 1. The van der Waals surface area contributed by atoms with Crippen LogP contribution in [0.2, 0.25) is 0 Å². The predicted octanol–water partition coefficient (Wildman–Crippen LogP) is 0.396. The lowest BCUT2D eigenvalue weighted by Crippen LogP contribution is -2.49. The molecule has 0 spiro atoms. The van der Waals surface area contributed by atoms with Crippen LogP contribution in [0.5, 0.6) is 0 Å². The van der Waals surface area contributed by atoms with Gasteiger partial charge in [0.2, 0.25) is 5.91 Å². The number of morpholine rings is 1. The second-order valence-corrected chi connectivity index (χ2v) is 3.31. The Morgan fingerprint density at radius 3 is 3.18 bits per heavy atom. The number of carbonyl (C=O) groups excluding carboxylic acids is 1. The van der Waals surface area contributed by atoms with Crippen LogP contribution in [0.4, 0.5) is 0 Å². The average molecular weight is 155 g/mol. The van der Waals surface area contributed by atoms with Gasteiger partial charge in [0.15, 0.2) is 0 Å². The highest BCUT2D eigenvalue weighted by Crippen LogP contribution is 2.25. The second kappa shape index (κ2) is 2.48. The van der Waals surface area contributed by atoms with E-state index in [1.165, 1.54) is 0 Å². The lowest BCUT2D eigenvalue weighted by molar-refractivity contribution is -0.151. The van der Waals surface area contributed by atoms with Gasteiger partial charge in [-0.25, -0.2) is 0 Å². The predicted molar refractivity (Wildman–Crippen MR) is 40.1 cm³/mol. The summed E-state index contributed by atoms with van der Waals surface area (Å²) in [5.74, 6) is 0.172. The van der Waals surface area contributed by atoms with Gasteiger partial charge in [-0.1, -0.05) is 0 Å². The molecular formula is C8H13NO2. The molecule has 0 radical (unpaired) electrons. The fourth-order valence-corrected chi connectivity index (χ4v) is 1.99. The van der Waals surface area contributed by atoms with Gasteiger partial charge < -0.3 is 9.64 Å². The quantitative estimate of drug-likeness (QED) is 0.506. The maximum absolute atomic E-state index is 11.2. The van der Waals surface area contributed by atoms with Crippen LogP contribution in [-0.2, 0) is 9.53 Å². The number of rotatable bonds is 0. The summed E-state index contributed by atoms with van der Waals surface area (Å²) >= 11 is 0. The van der Waals surface area contributed by atoms with Gasteiger partial charge in [-0.2, -0.15) is 0 Å². The third kappa shape index (κ3) is 1.03. The van der Waals surface area contributed by atoms with Crippen LogP contribution in [-0.4, -0.2) is 36.1 Å². The minimum Gasteiger partial charge on any atom is -0.367 e. The summed E-state index contributed by atoms with van der Waals surface area (Å²) in [6, 6.07) is 0.372. The van der Waals surface area contributed by atoms with E-state index >= 15 is 0 Å². The summed E-state index contributed by atoms with van der Waals surface area (Å²) in [6.45, 7) is 3.28. The van der Waals surface area contributed by atoms with Gasteiger partial charge in [-0.05, 0) is 19.8 Å². The van der Waals surface area contributed by atoms with Gasteiger partial charge in [0.25, 0.3) is 0 Å². The standard InChI is InChI=1S/C8H13NO2/c1-6-7-3-2-4-9(7)8(10)5-11-6/h6-7H,2-5H2,1H3. The van der Waals surface area contributed by atoms with E-state index in [1.54, 1.807) is 0 Å². The fourth-order valence-electron chi connectivity index (χ4n) is 1.99. The Balaban J connectivity index is 2.14. The van der Waals surface area contributed by atoms with E-state index in [1.807, 2.05) is 4.90 Å². The smallest absolute Gasteiger partial charge is 0.248 e. The Morgan fingerprint density at radius 2 is 2.45 bits per heavy atom. The third-order valence-electron chi connectivity index (χ3n) is 2.63. The average Bonchev–Trinajstić information content (AvgIpc) is 2.45. The minimum absolute atomic E-state index is 0.172. The van der Waals surface area contributed by atoms with Crippen LogP contribution in [0.15, 0.2) is 0 Å². The monoisotopic (exact) mass is 155 g/mol. The molecule has 0 bridgehead atoms. The third-order valence-corrected chi connectivity index (χ3v) is 2.63.